The fourth-order valence-electron chi connectivity index (χ4n) is 3.72. The highest BCUT2D eigenvalue weighted by molar-refractivity contribution is 7.19. The smallest absolute Gasteiger partial charge is 0.230 e. The number of allylic oxidation sites excluding steroid dienone is 3. The van der Waals surface area contributed by atoms with Crippen LogP contribution in [0.15, 0.2) is 42.1 Å². The lowest BCUT2D eigenvalue weighted by atomic mass is 9.84. The molecular weight excluding hydrogens is 372 g/mol. The van der Waals surface area contributed by atoms with Crippen LogP contribution >= 0.6 is 11.3 Å². The van der Waals surface area contributed by atoms with Crippen molar-refractivity contribution in [3.63, 3.8) is 0 Å². The predicted molar refractivity (Wildman–Crippen MR) is 110 cm³/mol. The van der Waals surface area contributed by atoms with E-state index in [1.165, 1.54) is 11.3 Å². The summed E-state index contributed by atoms with van der Waals surface area (Å²) >= 11 is 1.39. The summed E-state index contributed by atoms with van der Waals surface area (Å²) in [5.74, 6) is 0.434. The second kappa shape index (κ2) is 9.05. The summed E-state index contributed by atoms with van der Waals surface area (Å²) in [6.07, 6.45) is 14.7. The van der Waals surface area contributed by atoms with Crippen molar-refractivity contribution in [3.8, 4) is 0 Å². The standard InChI is InChI=1S/C20H24N6OS/c27-18(13-14-5-2-1-3-6-14)23-20-26-25-19(28-20)22-16-10-8-15(9-11-16)17-7-4-12-21-24-17/h2,4-7,12,15-16H,1,3,8-11,13H2,(H,22,25)(H,23,26,27)/t15-,16-. The molecule has 8 heteroatoms. The van der Waals surface area contributed by atoms with Gasteiger partial charge in [-0.05, 0) is 56.2 Å². The summed E-state index contributed by atoms with van der Waals surface area (Å²) in [5, 5.41) is 24.1. The molecule has 1 saturated carbocycles. The molecule has 0 radical (unpaired) electrons. The summed E-state index contributed by atoms with van der Waals surface area (Å²) in [6, 6.07) is 4.39. The van der Waals surface area contributed by atoms with E-state index in [1.54, 1.807) is 6.20 Å². The minimum atomic E-state index is -0.0509. The van der Waals surface area contributed by atoms with Crippen molar-refractivity contribution in [2.75, 3.05) is 10.6 Å². The van der Waals surface area contributed by atoms with Crippen molar-refractivity contribution in [1.82, 2.24) is 20.4 Å². The molecule has 0 spiro atoms. The van der Waals surface area contributed by atoms with E-state index < -0.39 is 0 Å². The zero-order valence-electron chi connectivity index (χ0n) is 15.7. The first-order valence-corrected chi connectivity index (χ1v) is 10.6. The summed E-state index contributed by atoms with van der Waals surface area (Å²) in [7, 11) is 0. The van der Waals surface area contributed by atoms with E-state index in [9.17, 15) is 4.79 Å². The van der Waals surface area contributed by atoms with Crippen molar-refractivity contribution < 1.29 is 4.79 Å². The molecule has 2 heterocycles. The number of nitrogens with one attached hydrogen (secondary N) is 2. The highest BCUT2D eigenvalue weighted by Crippen LogP contribution is 2.33. The Morgan fingerprint density at radius 3 is 2.71 bits per heavy atom. The number of hydrogen-bond donors (Lipinski definition) is 2. The number of aromatic nitrogens is 4. The molecule has 2 aliphatic rings. The van der Waals surface area contributed by atoms with Gasteiger partial charge in [0.25, 0.3) is 0 Å². The minimum absolute atomic E-state index is 0.0509. The van der Waals surface area contributed by atoms with Gasteiger partial charge in [0.15, 0.2) is 0 Å². The number of hydrogen-bond acceptors (Lipinski definition) is 7. The molecule has 0 bridgehead atoms. The Bertz CT molecular complexity index is 855. The third-order valence-electron chi connectivity index (χ3n) is 5.17. The molecule has 2 aromatic heterocycles. The maximum atomic E-state index is 12.2. The lowest BCUT2D eigenvalue weighted by Crippen LogP contribution is -2.25. The lowest BCUT2D eigenvalue weighted by molar-refractivity contribution is -0.115. The molecule has 2 aliphatic carbocycles. The zero-order chi connectivity index (χ0) is 19.2. The number of nitrogens with zero attached hydrogens (tertiary/aromatic N) is 4. The normalized spacial score (nSPS) is 21.8. The summed E-state index contributed by atoms with van der Waals surface area (Å²) in [4.78, 5) is 12.2. The van der Waals surface area contributed by atoms with E-state index in [2.05, 4.69) is 49.2 Å². The van der Waals surface area contributed by atoms with Crippen LogP contribution in [0.25, 0.3) is 0 Å². The molecule has 1 fully saturated rings. The van der Waals surface area contributed by atoms with Gasteiger partial charge in [0.05, 0.1) is 12.1 Å². The van der Waals surface area contributed by atoms with Crippen LogP contribution in [0.2, 0.25) is 0 Å². The van der Waals surface area contributed by atoms with Gasteiger partial charge in [-0.1, -0.05) is 29.6 Å². The number of carbonyl (C=O) groups is 1. The van der Waals surface area contributed by atoms with E-state index >= 15 is 0 Å². The Hall–Kier alpha value is -2.61. The lowest BCUT2D eigenvalue weighted by Gasteiger charge is -2.28. The van der Waals surface area contributed by atoms with Crippen LogP contribution in [-0.2, 0) is 4.79 Å². The van der Waals surface area contributed by atoms with Gasteiger partial charge >= 0.3 is 0 Å². The SMILES string of the molecule is O=C(CC1=CCCC=C1)Nc1nnc(N[C@H]2CC[C@H](c3cccnn3)CC2)s1. The van der Waals surface area contributed by atoms with Crippen LogP contribution in [0.4, 0.5) is 10.3 Å². The van der Waals surface area contributed by atoms with Crippen LogP contribution in [0.5, 0.6) is 0 Å². The maximum absolute atomic E-state index is 12.2. The Balaban J connectivity index is 1.24. The summed E-state index contributed by atoms with van der Waals surface area (Å²) in [5.41, 5.74) is 2.15. The average Bonchev–Trinajstić information content (AvgIpc) is 3.16. The van der Waals surface area contributed by atoms with E-state index in [4.69, 9.17) is 0 Å². The number of anilines is 2. The summed E-state index contributed by atoms with van der Waals surface area (Å²) in [6.45, 7) is 0. The molecule has 0 saturated heterocycles. The van der Waals surface area contributed by atoms with Crippen molar-refractivity contribution in [2.24, 2.45) is 0 Å². The highest BCUT2D eigenvalue weighted by Gasteiger charge is 2.24. The van der Waals surface area contributed by atoms with Gasteiger partial charge in [0, 0.05) is 18.2 Å². The van der Waals surface area contributed by atoms with Crippen LogP contribution < -0.4 is 10.6 Å². The maximum Gasteiger partial charge on any atom is 0.230 e. The van der Waals surface area contributed by atoms with E-state index in [-0.39, 0.29) is 5.91 Å². The van der Waals surface area contributed by atoms with Gasteiger partial charge in [-0.2, -0.15) is 10.2 Å². The first-order chi connectivity index (χ1) is 13.8. The van der Waals surface area contributed by atoms with Crippen LogP contribution in [-0.4, -0.2) is 32.3 Å². The first-order valence-electron chi connectivity index (χ1n) is 9.79. The molecule has 7 nitrogen and oxygen atoms in total. The monoisotopic (exact) mass is 396 g/mol. The van der Waals surface area contributed by atoms with Crippen LogP contribution in [0.1, 0.15) is 56.6 Å². The van der Waals surface area contributed by atoms with Gasteiger partial charge in [0.2, 0.25) is 16.2 Å². The Kier molecular flexibility index (Phi) is 6.06. The number of amides is 1. The average molecular weight is 397 g/mol. The van der Waals surface area contributed by atoms with Gasteiger partial charge in [-0.15, -0.1) is 10.2 Å². The van der Waals surface area contributed by atoms with Crippen molar-refractivity contribution >= 4 is 27.5 Å². The highest BCUT2D eigenvalue weighted by atomic mass is 32.1. The Labute approximate surface area is 168 Å². The molecular formula is C20H24N6OS. The van der Waals surface area contributed by atoms with Gasteiger partial charge in [0.1, 0.15) is 0 Å². The zero-order valence-corrected chi connectivity index (χ0v) is 16.5. The topological polar surface area (TPSA) is 92.7 Å². The van der Waals surface area contributed by atoms with Gasteiger partial charge in [-0.3, -0.25) is 4.79 Å². The van der Waals surface area contributed by atoms with Crippen molar-refractivity contribution in [3.05, 3.63) is 47.8 Å². The molecule has 146 valence electrons. The molecule has 0 unspecified atom stereocenters. The molecule has 2 N–H and O–H groups in total. The van der Waals surface area contributed by atoms with Gasteiger partial charge < -0.3 is 10.6 Å². The Morgan fingerprint density at radius 2 is 1.96 bits per heavy atom. The Morgan fingerprint density at radius 1 is 1.11 bits per heavy atom. The molecule has 2 aromatic rings. The molecule has 1 amide bonds. The van der Waals surface area contributed by atoms with E-state index in [0.29, 0.717) is 23.5 Å². The quantitative estimate of drug-likeness (QED) is 0.764. The molecule has 28 heavy (non-hydrogen) atoms. The molecule has 0 aromatic carbocycles. The first kappa shape index (κ1) is 18.7. The fourth-order valence-corrected chi connectivity index (χ4v) is 4.46. The second-order valence-corrected chi connectivity index (χ2v) is 8.22. The fraction of sp³-hybridized carbons (Fsp3) is 0.450. The third-order valence-corrected chi connectivity index (χ3v) is 5.94. The van der Waals surface area contributed by atoms with E-state index in [0.717, 1.165) is 54.9 Å². The second-order valence-electron chi connectivity index (χ2n) is 7.24. The van der Waals surface area contributed by atoms with Crippen LogP contribution in [0.3, 0.4) is 0 Å². The minimum Gasteiger partial charge on any atom is -0.357 e. The number of rotatable bonds is 6. The summed E-state index contributed by atoms with van der Waals surface area (Å²) < 4.78 is 0. The van der Waals surface area contributed by atoms with Crippen molar-refractivity contribution in [1.29, 1.82) is 0 Å². The van der Waals surface area contributed by atoms with Crippen molar-refractivity contribution in [2.45, 2.75) is 56.9 Å². The molecule has 0 aliphatic heterocycles. The van der Waals surface area contributed by atoms with Gasteiger partial charge in [-0.25, -0.2) is 0 Å². The number of carbonyl (C=O) groups excluding carboxylic acids is 1. The largest absolute Gasteiger partial charge is 0.357 e. The third kappa shape index (κ3) is 5.01. The van der Waals surface area contributed by atoms with E-state index in [1.807, 2.05) is 12.1 Å². The van der Waals surface area contributed by atoms with Crippen LogP contribution in [0, 0.1) is 0 Å². The molecule has 0 atom stereocenters. The molecule has 4 rings (SSSR count). The predicted octanol–water partition coefficient (Wildman–Crippen LogP) is 4.07.